The van der Waals surface area contributed by atoms with Crippen molar-refractivity contribution in [1.29, 1.82) is 0 Å². The molecule has 4 aromatic rings. The number of pyridine rings is 1. The Bertz CT molecular complexity index is 1350. The van der Waals surface area contributed by atoms with Gasteiger partial charge in [0.2, 0.25) is 0 Å². The molecule has 0 unspecified atom stereocenters. The molecule has 0 saturated carbocycles. The minimum absolute atomic E-state index is 0.00113. The van der Waals surface area contributed by atoms with Gasteiger partial charge in [-0.1, -0.05) is 6.07 Å². The van der Waals surface area contributed by atoms with Crippen LogP contribution in [-0.4, -0.2) is 30.9 Å². The zero-order valence-electron chi connectivity index (χ0n) is 18.6. The van der Waals surface area contributed by atoms with Crippen LogP contribution in [0.15, 0.2) is 47.7 Å². The molecule has 1 aliphatic rings. The molecule has 0 bridgehead atoms. The van der Waals surface area contributed by atoms with E-state index in [4.69, 9.17) is 9.72 Å². The summed E-state index contributed by atoms with van der Waals surface area (Å²) in [6, 6.07) is 10.0. The number of hydrogen-bond acceptors (Lipinski definition) is 6. The number of aromatic nitrogens is 5. The number of rotatable bonds is 4. The SMILES string of the molecule is CC(C)n1ncnc1-c1nc2c(s1)CCOc1ccc(-c3cccn(C(C)C)c3=O)cc1-2. The Kier molecular flexibility index (Phi) is 5.17. The van der Waals surface area contributed by atoms with Crippen LogP contribution in [0.2, 0.25) is 0 Å². The van der Waals surface area contributed by atoms with Gasteiger partial charge in [0.25, 0.3) is 5.56 Å². The van der Waals surface area contributed by atoms with Gasteiger partial charge in [-0.2, -0.15) is 5.10 Å². The van der Waals surface area contributed by atoms with Gasteiger partial charge in [-0.25, -0.2) is 14.6 Å². The number of nitrogens with zero attached hydrogens (tertiary/aromatic N) is 5. The van der Waals surface area contributed by atoms with Gasteiger partial charge in [0.1, 0.15) is 12.1 Å². The Labute approximate surface area is 190 Å². The molecule has 0 aliphatic carbocycles. The van der Waals surface area contributed by atoms with Crippen molar-refractivity contribution in [3.63, 3.8) is 0 Å². The van der Waals surface area contributed by atoms with E-state index in [-0.39, 0.29) is 17.6 Å². The third kappa shape index (κ3) is 3.44. The molecule has 5 rings (SSSR count). The zero-order valence-corrected chi connectivity index (χ0v) is 19.4. The van der Waals surface area contributed by atoms with Gasteiger partial charge in [-0.3, -0.25) is 4.79 Å². The Morgan fingerprint density at radius 2 is 1.94 bits per heavy atom. The summed E-state index contributed by atoms with van der Waals surface area (Å²) in [4.78, 5) is 23.6. The Hall–Kier alpha value is -3.26. The largest absolute Gasteiger partial charge is 0.493 e. The summed E-state index contributed by atoms with van der Waals surface area (Å²) in [5, 5.41) is 5.21. The molecular weight excluding hydrogens is 422 g/mol. The van der Waals surface area contributed by atoms with E-state index < -0.39 is 0 Å². The Morgan fingerprint density at radius 3 is 2.72 bits per heavy atom. The highest BCUT2D eigenvalue weighted by Crippen LogP contribution is 2.41. The van der Waals surface area contributed by atoms with Crippen LogP contribution in [0.4, 0.5) is 0 Å². The number of benzene rings is 1. The Morgan fingerprint density at radius 1 is 1.09 bits per heavy atom. The number of thiazole rings is 1. The fourth-order valence-corrected chi connectivity index (χ4v) is 5.05. The van der Waals surface area contributed by atoms with Crippen molar-refractivity contribution < 1.29 is 4.74 Å². The van der Waals surface area contributed by atoms with E-state index in [9.17, 15) is 4.79 Å². The average Bonchev–Trinajstić information content (AvgIpc) is 3.38. The number of ether oxygens (including phenoxy) is 1. The van der Waals surface area contributed by atoms with Crippen LogP contribution < -0.4 is 10.3 Å². The lowest BCUT2D eigenvalue weighted by molar-refractivity contribution is 0.327. The van der Waals surface area contributed by atoms with Gasteiger partial charge in [-0.05, 0) is 57.5 Å². The standard InChI is InChI=1S/C24H25N5O2S/c1-14(2)28-10-5-6-17(24(28)30)16-7-8-19-18(12-16)21-20(9-11-31-19)32-23(27-21)22-25-13-26-29(22)15(3)4/h5-8,10,12-15H,9,11H2,1-4H3. The quantitative estimate of drug-likeness (QED) is 0.440. The predicted molar refractivity (Wildman–Crippen MR) is 126 cm³/mol. The van der Waals surface area contributed by atoms with E-state index in [0.717, 1.165) is 44.7 Å². The van der Waals surface area contributed by atoms with Crippen LogP contribution >= 0.6 is 11.3 Å². The molecule has 1 aromatic carbocycles. The van der Waals surface area contributed by atoms with Crippen LogP contribution in [0.3, 0.4) is 0 Å². The Balaban J connectivity index is 1.65. The monoisotopic (exact) mass is 447 g/mol. The van der Waals surface area contributed by atoms with E-state index >= 15 is 0 Å². The minimum atomic E-state index is 0.00113. The first kappa shape index (κ1) is 20.6. The van der Waals surface area contributed by atoms with E-state index in [2.05, 4.69) is 23.9 Å². The summed E-state index contributed by atoms with van der Waals surface area (Å²) in [6.45, 7) is 8.76. The second-order valence-electron chi connectivity index (χ2n) is 8.45. The molecule has 3 aromatic heterocycles. The highest BCUT2D eigenvalue weighted by atomic mass is 32.1. The van der Waals surface area contributed by atoms with Crippen LogP contribution in [0.5, 0.6) is 5.75 Å². The molecule has 0 atom stereocenters. The molecule has 7 nitrogen and oxygen atoms in total. The van der Waals surface area contributed by atoms with E-state index in [1.807, 2.05) is 55.1 Å². The van der Waals surface area contributed by atoms with E-state index in [1.165, 1.54) is 0 Å². The highest BCUT2D eigenvalue weighted by molar-refractivity contribution is 7.15. The molecule has 164 valence electrons. The van der Waals surface area contributed by atoms with Crippen molar-refractivity contribution in [3.8, 4) is 39.0 Å². The number of hydrogen-bond donors (Lipinski definition) is 0. The molecule has 0 radical (unpaired) electrons. The summed E-state index contributed by atoms with van der Waals surface area (Å²) in [5.74, 6) is 1.56. The maximum atomic E-state index is 13.1. The summed E-state index contributed by atoms with van der Waals surface area (Å²) < 4.78 is 9.66. The van der Waals surface area contributed by atoms with Gasteiger partial charge in [-0.15, -0.1) is 11.3 Å². The van der Waals surface area contributed by atoms with Crippen molar-refractivity contribution in [2.75, 3.05) is 6.61 Å². The predicted octanol–water partition coefficient (Wildman–Crippen LogP) is 4.99. The smallest absolute Gasteiger partial charge is 0.258 e. The molecule has 0 saturated heterocycles. The molecule has 1 aliphatic heterocycles. The summed E-state index contributed by atoms with van der Waals surface area (Å²) in [6.07, 6.45) is 4.18. The van der Waals surface area contributed by atoms with E-state index in [1.54, 1.807) is 22.2 Å². The second-order valence-corrected chi connectivity index (χ2v) is 9.53. The summed E-state index contributed by atoms with van der Waals surface area (Å²) in [5.41, 5.74) is 3.34. The molecule has 0 N–H and O–H groups in total. The van der Waals surface area contributed by atoms with Gasteiger partial charge < -0.3 is 9.30 Å². The zero-order chi connectivity index (χ0) is 22.4. The van der Waals surface area contributed by atoms with Crippen molar-refractivity contribution in [1.82, 2.24) is 24.3 Å². The molecule has 8 heteroatoms. The molecule has 0 spiro atoms. The van der Waals surface area contributed by atoms with Gasteiger partial charge in [0.15, 0.2) is 10.8 Å². The molecule has 4 heterocycles. The molecule has 0 amide bonds. The maximum absolute atomic E-state index is 13.1. The number of fused-ring (bicyclic) bond motifs is 3. The van der Waals surface area contributed by atoms with Gasteiger partial charge in [0.05, 0.1) is 12.3 Å². The van der Waals surface area contributed by atoms with Crippen LogP contribution in [0.25, 0.3) is 33.2 Å². The summed E-state index contributed by atoms with van der Waals surface area (Å²) >= 11 is 1.63. The first-order valence-corrected chi connectivity index (χ1v) is 11.6. The van der Waals surface area contributed by atoms with Crippen LogP contribution in [-0.2, 0) is 6.42 Å². The van der Waals surface area contributed by atoms with Crippen LogP contribution in [0.1, 0.15) is 44.7 Å². The molecular formula is C24H25N5O2S. The molecule has 0 fully saturated rings. The first-order chi connectivity index (χ1) is 15.4. The second kappa shape index (κ2) is 8.02. The third-order valence-corrected chi connectivity index (χ3v) is 6.73. The highest BCUT2D eigenvalue weighted by Gasteiger charge is 2.24. The topological polar surface area (TPSA) is 74.8 Å². The molecule has 32 heavy (non-hydrogen) atoms. The van der Waals surface area contributed by atoms with Gasteiger partial charge in [0, 0.05) is 40.7 Å². The van der Waals surface area contributed by atoms with Crippen molar-refractivity contribution in [2.24, 2.45) is 0 Å². The normalized spacial score (nSPS) is 13.1. The lowest BCUT2D eigenvalue weighted by atomic mass is 10.0. The fourth-order valence-electron chi connectivity index (χ4n) is 4.01. The third-order valence-electron chi connectivity index (χ3n) is 5.61. The van der Waals surface area contributed by atoms with E-state index in [0.29, 0.717) is 12.2 Å². The fraction of sp³-hybridized carbons (Fsp3) is 0.333. The average molecular weight is 448 g/mol. The lowest BCUT2D eigenvalue weighted by Gasteiger charge is -2.13. The van der Waals surface area contributed by atoms with Crippen molar-refractivity contribution in [2.45, 2.75) is 46.2 Å². The summed E-state index contributed by atoms with van der Waals surface area (Å²) in [7, 11) is 0. The van der Waals surface area contributed by atoms with Crippen molar-refractivity contribution in [3.05, 3.63) is 58.1 Å². The maximum Gasteiger partial charge on any atom is 0.258 e. The van der Waals surface area contributed by atoms with Crippen molar-refractivity contribution >= 4 is 11.3 Å². The lowest BCUT2D eigenvalue weighted by Crippen LogP contribution is -2.22. The van der Waals surface area contributed by atoms with Crippen LogP contribution in [0, 0.1) is 0 Å². The van der Waals surface area contributed by atoms with Gasteiger partial charge >= 0.3 is 0 Å². The minimum Gasteiger partial charge on any atom is -0.493 e. The first-order valence-electron chi connectivity index (χ1n) is 10.8.